The van der Waals surface area contributed by atoms with Crippen molar-refractivity contribution in [3.8, 4) is 5.69 Å². The number of rotatable bonds is 5. The maximum absolute atomic E-state index is 10.2. The van der Waals surface area contributed by atoms with Crippen LogP contribution in [-0.4, -0.2) is 47.8 Å². The molecule has 0 bridgehead atoms. The second-order valence-corrected chi connectivity index (χ2v) is 9.13. The highest BCUT2D eigenvalue weighted by molar-refractivity contribution is 5.57. The molecule has 1 aliphatic heterocycles. The molecule has 4 heteroatoms. The number of anilines is 1. The van der Waals surface area contributed by atoms with Crippen molar-refractivity contribution < 1.29 is 5.11 Å². The SMILES string of the molecule is Cc1ccc(N2CCN(C)CC2)c(Cc2ccn(-c3ccc(C(C)(C)O)cc3)c2)c1. The van der Waals surface area contributed by atoms with E-state index in [9.17, 15) is 5.11 Å². The van der Waals surface area contributed by atoms with Gasteiger partial charge in [0.15, 0.2) is 0 Å². The Kier molecular flexibility index (Phi) is 5.72. The Morgan fingerprint density at radius 2 is 1.63 bits per heavy atom. The lowest BCUT2D eigenvalue weighted by atomic mass is 9.98. The molecule has 0 amide bonds. The summed E-state index contributed by atoms with van der Waals surface area (Å²) >= 11 is 0. The molecule has 0 atom stereocenters. The first-order valence-corrected chi connectivity index (χ1v) is 10.8. The quantitative estimate of drug-likeness (QED) is 0.687. The van der Waals surface area contributed by atoms with Gasteiger partial charge < -0.3 is 19.5 Å². The summed E-state index contributed by atoms with van der Waals surface area (Å²) < 4.78 is 2.16. The molecule has 4 rings (SSSR count). The van der Waals surface area contributed by atoms with E-state index in [1.54, 1.807) is 0 Å². The number of hydrogen-bond acceptors (Lipinski definition) is 3. The Labute approximate surface area is 180 Å². The minimum Gasteiger partial charge on any atom is -0.386 e. The van der Waals surface area contributed by atoms with Gasteiger partial charge >= 0.3 is 0 Å². The van der Waals surface area contributed by atoms with E-state index in [-0.39, 0.29) is 0 Å². The summed E-state index contributed by atoms with van der Waals surface area (Å²) in [6.45, 7) is 10.2. The Hall–Kier alpha value is -2.56. The van der Waals surface area contributed by atoms with Gasteiger partial charge in [-0.25, -0.2) is 0 Å². The van der Waals surface area contributed by atoms with Gasteiger partial charge in [-0.3, -0.25) is 0 Å². The van der Waals surface area contributed by atoms with Crippen LogP contribution >= 0.6 is 0 Å². The first-order valence-electron chi connectivity index (χ1n) is 10.8. The monoisotopic (exact) mass is 403 g/mol. The molecule has 1 aromatic heterocycles. The summed E-state index contributed by atoms with van der Waals surface area (Å²) in [5, 5.41) is 10.2. The van der Waals surface area contributed by atoms with Crippen molar-refractivity contribution in [2.45, 2.75) is 32.8 Å². The van der Waals surface area contributed by atoms with E-state index in [0.717, 1.165) is 43.9 Å². The van der Waals surface area contributed by atoms with Crippen LogP contribution in [0.1, 0.15) is 36.1 Å². The van der Waals surface area contributed by atoms with Crippen LogP contribution in [0.3, 0.4) is 0 Å². The maximum Gasteiger partial charge on any atom is 0.0840 e. The molecular weight excluding hydrogens is 370 g/mol. The van der Waals surface area contributed by atoms with E-state index >= 15 is 0 Å². The van der Waals surface area contributed by atoms with Crippen molar-refractivity contribution >= 4 is 5.69 Å². The first-order chi connectivity index (χ1) is 14.3. The van der Waals surface area contributed by atoms with Crippen LogP contribution < -0.4 is 4.90 Å². The third-order valence-corrected chi connectivity index (χ3v) is 6.10. The molecule has 1 fully saturated rings. The number of hydrogen-bond donors (Lipinski definition) is 1. The zero-order valence-electron chi connectivity index (χ0n) is 18.6. The van der Waals surface area contributed by atoms with E-state index in [2.05, 4.69) is 77.1 Å². The van der Waals surface area contributed by atoms with Crippen molar-refractivity contribution in [1.29, 1.82) is 0 Å². The second kappa shape index (κ2) is 8.29. The standard InChI is InChI=1S/C26H33N3O/c1-20-5-10-25(28-15-13-27(4)14-16-28)22(17-20)18-21-11-12-29(19-21)24-8-6-23(7-9-24)26(2,3)30/h5-12,17,19,30H,13-16,18H2,1-4H3. The summed E-state index contributed by atoms with van der Waals surface area (Å²) in [7, 11) is 2.20. The number of piperazine rings is 1. The lowest BCUT2D eigenvalue weighted by Crippen LogP contribution is -2.44. The van der Waals surface area contributed by atoms with Crippen LogP contribution in [0.5, 0.6) is 0 Å². The number of aromatic nitrogens is 1. The fourth-order valence-corrected chi connectivity index (χ4v) is 4.18. The van der Waals surface area contributed by atoms with Crippen LogP contribution in [0.4, 0.5) is 5.69 Å². The Bertz CT molecular complexity index is 990. The Morgan fingerprint density at radius 3 is 2.30 bits per heavy atom. The van der Waals surface area contributed by atoms with Crippen molar-refractivity contribution in [1.82, 2.24) is 9.47 Å². The fraction of sp³-hybridized carbons (Fsp3) is 0.385. The van der Waals surface area contributed by atoms with Crippen molar-refractivity contribution in [3.05, 3.63) is 83.2 Å². The molecule has 0 radical (unpaired) electrons. The molecule has 0 unspecified atom stereocenters. The average molecular weight is 404 g/mol. The van der Waals surface area contributed by atoms with Gasteiger partial charge in [-0.15, -0.1) is 0 Å². The zero-order chi connectivity index (χ0) is 21.3. The predicted molar refractivity (Wildman–Crippen MR) is 125 cm³/mol. The van der Waals surface area contributed by atoms with Gasteiger partial charge in [-0.1, -0.05) is 29.8 Å². The predicted octanol–water partition coefficient (Wildman–Crippen LogP) is 4.36. The van der Waals surface area contributed by atoms with Gasteiger partial charge in [0.2, 0.25) is 0 Å². The number of nitrogens with zero attached hydrogens (tertiary/aromatic N) is 3. The van der Waals surface area contributed by atoms with Crippen molar-refractivity contribution in [2.24, 2.45) is 0 Å². The largest absolute Gasteiger partial charge is 0.386 e. The average Bonchev–Trinajstić information content (AvgIpc) is 3.17. The van der Waals surface area contributed by atoms with Crippen molar-refractivity contribution in [3.63, 3.8) is 0 Å². The van der Waals surface area contributed by atoms with E-state index in [1.807, 2.05) is 26.0 Å². The summed E-state index contributed by atoms with van der Waals surface area (Å²) in [6.07, 6.45) is 5.27. The van der Waals surface area contributed by atoms with Gasteiger partial charge in [0, 0.05) is 56.4 Å². The van der Waals surface area contributed by atoms with E-state index in [1.165, 1.54) is 22.4 Å². The highest BCUT2D eigenvalue weighted by Crippen LogP contribution is 2.27. The maximum atomic E-state index is 10.2. The van der Waals surface area contributed by atoms with Gasteiger partial charge in [0.25, 0.3) is 0 Å². The van der Waals surface area contributed by atoms with E-state index in [4.69, 9.17) is 0 Å². The number of benzene rings is 2. The summed E-state index contributed by atoms with van der Waals surface area (Å²) in [6, 6.07) is 17.2. The molecule has 158 valence electrons. The Balaban J connectivity index is 1.55. The third-order valence-electron chi connectivity index (χ3n) is 6.10. The third kappa shape index (κ3) is 4.61. The minimum atomic E-state index is -0.814. The van der Waals surface area contributed by atoms with E-state index < -0.39 is 5.60 Å². The fourth-order valence-electron chi connectivity index (χ4n) is 4.18. The van der Waals surface area contributed by atoms with Gasteiger partial charge in [-0.05, 0) is 68.8 Å². The molecule has 3 aromatic rings. The van der Waals surface area contributed by atoms with Crippen LogP contribution in [-0.2, 0) is 12.0 Å². The molecular formula is C26H33N3O. The van der Waals surface area contributed by atoms with Crippen LogP contribution in [0.15, 0.2) is 60.9 Å². The lowest BCUT2D eigenvalue weighted by Gasteiger charge is -2.35. The second-order valence-electron chi connectivity index (χ2n) is 9.13. The lowest BCUT2D eigenvalue weighted by molar-refractivity contribution is 0.0786. The first kappa shape index (κ1) is 20.7. The topological polar surface area (TPSA) is 31.6 Å². The molecule has 1 aliphatic rings. The summed E-state index contributed by atoms with van der Waals surface area (Å²) in [5.41, 5.74) is 6.61. The summed E-state index contributed by atoms with van der Waals surface area (Å²) in [4.78, 5) is 4.93. The van der Waals surface area contributed by atoms with Gasteiger partial charge in [0.05, 0.1) is 5.60 Å². The van der Waals surface area contributed by atoms with Gasteiger partial charge in [-0.2, -0.15) is 0 Å². The van der Waals surface area contributed by atoms with Gasteiger partial charge in [0.1, 0.15) is 0 Å². The number of likely N-dealkylation sites (N-methyl/N-ethyl adjacent to an activating group) is 1. The van der Waals surface area contributed by atoms with Crippen LogP contribution in [0, 0.1) is 6.92 Å². The minimum absolute atomic E-state index is 0.814. The molecule has 2 heterocycles. The molecule has 1 saturated heterocycles. The van der Waals surface area contributed by atoms with E-state index in [0.29, 0.717) is 0 Å². The number of aryl methyl sites for hydroxylation is 1. The van der Waals surface area contributed by atoms with Crippen molar-refractivity contribution in [2.75, 3.05) is 38.1 Å². The highest BCUT2D eigenvalue weighted by Gasteiger charge is 2.18. The molecule has 2 aromatic carbocycles. The van der Waals surface area contributed by atoms with Crippen LogP contribution in [0.25, 0.3) is 5.69 Å². The molecule has 30 heavy (non-hydrogen) atoms. The Morgan fingerprint density at radius 1 is 0.933 bits per heavy atom. The zero-order valence-corrected chi connectivity index (χ0v) is 18.6. The molecule has 0 aliphatic carbocycles. The molecule has 1 N–H and O–H groups in total. The molecule has 4 nitrogen and oxygen atoms in total. The normalized spacial score (nSPS) is 15.6. The number of aliphatic hydroxyl groups is 1. The van der Waals surface area contributed by atoms with Crippen LogP contribution in [0.2, 0.25) is 0 Å². The highest BCUT2D eigenvalue weighted by atomic mass is 16.3. The molecule has 0 saturated carbocycles. The summed E-state index contributed by atoms with van der Waals surface area (Å²) in [5.74, 6) is 0. The molecule has 0 spiro atoms. The smallest absolute Gasteiger partial charge is 0.0840 e.